The third-order valence-electron chi connectivity index (χ3n) is 6.74. The molecule has 13 nitrogen and oxygen atoms in total. The quantitative estimate of drug-likeness (QED) is 0.175. The highest BCUT2D eigenvalue weighted by Crippen LogP contribution is 2.47. The Hall–Kier alpha value is -1.35. The van der Waals surface area contributed by atoms with E-state index in [2.05, 4.69) is 10.1 Å². The van der Waals surface area contributed by atoms with Gasteiger partial charge in [0.15, 0.2) is 11.3 Å². The predicted molar refractivity (Wildman–Crippen MR) is 141 cm³/mol. The first-order chi connectivity index (χ1) is 17.8. The van der Waals surface area contributed by atoms with E-state index in [1.165, 1.54) is 19.2 Å². The summed E-state index contributed by atoms with van der Waals surface area (Å²) in [6, 6.07) is 1.26. The van der Waals surface area contributed by atoms with Crippen LogP contribution >= 0.6 is 19.5 Å². The molecule has 1 aliphatic heterocycles. The molecule has 2 unspecified atom stereocenters. The van der Waals surface area contributed by atoms with Crippen molar-refractivity contribution in [2.75, 3.05) is 31.3 Å². The summed E-state index contributed by atoms with van der Waals surface area (Å²) in [7, 11) is -3.92. The van der Waals surface area contributed by atoms with Crippen LogP contribution in [0.5, 0.6) is 0 Å². The normalized spacial score (nSPS) is 28.3. The number of hydrogen-bond donors (Lipinski definition) is 5. The lowest BCUT2D eigenvalue weighted by molar-refractivity contribution is -0.119. The van der Waals surface area contributed by atoms with Gasteiger partial charge in [0.05, 0.1) is 25.2 Å². The maximum atomic E-state index is 13.7. The molecule has 38 heavy (non-hydrogen) atoms. The number of nitrogens with two attached hydrogens (primary N) is 1. The average molecular weight is 579 g/mol. The Bertz CT molecular complexity index is 1060. The second-order valence-electron chi connectivity index (χ2n) is 10.5. The van der Waals surface area contributed by atoms with Gasteiger partial charge in [-0.15, -0.1) is 0 Å². The molecule has 15 heteroatoms. The number of rotatable bonds is 12. The zero-order valence-electron chi connectivity index (χ0n) is 21.9. The van der Waals surface area contributed by atoms with Gasteiger partial charge in [0.1, 0.15) is 23.6 Å². The summed E-state index contributed by atoms with van der Waals surface area (Å²) < 4.78 is 31.8. The molecule has 1 saturated carbocycles. The minimum Gasteiger partial charge on any atom is -0.395 e. The number of carbonyl (C=O) groups excluding carboxylic acids is 1. The van der Waals surface area contributed by atoms with Crippen molar-refractivity contribution < 1.29 is 38.5 Å². The van der Waals surface area contributed by atoms with Crippen LogP contribution in [0.25, 0.3) is 0 Å². The number of ether oxygens (including phenoxy) is 1. The van der Waals surface area contributed by atoms with Gasteiger partial charge >= 0.3 is 13.4 Å². The molecule has 5 atom stereocenters. The lowest BCUT2D eigenvalue weighted by Gasteiger charge is -2.29. The molecule has 2 fully saturated rings. The molecule has 0 aromatic carbocycles. The van der Waals surface area contributed by atoms with E-state index in [0.29, 0.717) is 0 Å². The second-order valence-corrected chi connectivity index (χ2v) is 13.3. The molecule has 2 aliphatic rings. The van der Waals surface area contributed by atoms with Gasteiger partial charge in [0.2, 0.25) is 0 Å². The van der Waals surface area contributed by atoms with E-state index in [1.54, 1.807) is 13.8 Å². The molecular weight excluding hydrogens is 539 g/mol. The first-order valence-electron chi connectivity index (χ1n) is 12.6. The van der Waals surface area contributed by atoms with Gasteiger partial charge in [-0.3, -0.25) is 18.4 Å². The molecule has 1 aromatic heterocycles. The Morgan fingerprint density at radius 1 is 1.37 bits per heavy atom. The Morgan fingerprint density at radius 2 is 2.05 bits per heavy atom. The summed E-state index contributed by atoms with van der Waals surface area (Å²) in [5.41, 5.74) is 1.96. The number of carbonyl (C=O) groups is 1. The summed E-state index contributed by atoms with van der Waals surface area (Å²) in [5.74, 6) is 0.185. The molecule has 1 aromatic rings. The van der Waals surface area contributed by atoms with Crippen molar-refractivity contribution in [3.8, 4) is 0 Å². The smallest absolute Gasteiger partial charge is 0.395 e. The molecule has 216 valence electrons. The largest absolute Gasteiger partial charge is 0.405 e. The highest BCUT2D eigenvalue weighted by atomic mass is 32.2. The van der Waals surface area contributed by atoms with E-state index >= 15 is 0 Å². The fourth-order valence-electron chi connectivity index (χ4n) is 4.27. The molecule has 6 N–H and O–H groups in total. The number of aliphatic hydroxyl groups is 3. The fourth-order valence-corrected chi connectivity index (χ4v) is 6.81. The zero-order valence-corrected chi connectivity index (χ0v) is 23.7. The first-order valence-corrected chi connectivity index (χ1v) is 15.2. The van der Waals surface area contributed by atoms with Gasteiger partial charge < -0.3 is 25.8 Å². The van der Waals surface area contributed by atoms with Crippen LogP contribution in [0.1, 0.15) is 59.1 Å². The standard InChI is InChI=1S/C23H39N4O9PS/c1-22(2,14-28)20(30)38-12-11-34-37(33,26-15-7-5-4-6-8-15)35-13-16-18(29)23(3,32)19(36-16)27-10-9-17(24)25-21(27)31/h9-10,15-16,18-19,28-29,32H,4-8,11-14H2,1-3H3,(H,26,33)(H2,24,25,31)/t16-,18+,19-,23?,37?/m1/s1. The Balaban J connectivity index is 1.67. The number of aromatic nitrogens is 2. The molecule has 0 amide bonds. The summed E-state index contributed by atoms with van der Waals surface area (Å²) in [6.07, 6.45) is 1.98. The van der Waals surface area contributed by atoms with Crippen LogP contribution in [0.4, 0.5) is 5.82 Å². The topological polar surface area (TPSA) is 195 Å². The van der Waals surface area contributed by atoms with Crippen molar-refractivity contribution in [2.45, 2.75) is 83.0 Å². The minimum absolute atomic E-state index is 0.00372. The van der Waals surface area contributed by atoms with Crippen LogP contribution in [0.3, 0.4) is 0 Å². The van der Waals surface area contributed by atoms with Gasteiger partial charge in [-0.2, -0.15) is 4.98 Å². The molecule has 3 rings (SSSR count). The molecular formula is C23H39N4O9PS. The van der Waals surface area contributed by atoms with Crippen LogP contribution in [0.2, 0.25) is 0 Å². The summed E-state index contributed by atoms with van der Waals surface area (Å²) in [5, 5.41) is 33.8. The van der Waals surface area contributed by atoms with Gasteiger partial charge in [0, 0.05) is 18.0 Å². The van der Waals surface area contributed by atoms with Crippen LogP contribution in [-0.2, 0) is 23.1 Å². The SMILES string of the molecule is CC(C)(CO)C(=O)SCCOP(=O)(NC1CCCCC1)OC[C@H]1O[C@@H](n2ccc(N)nc2=O)C(C)(O)[C@H]1O. The van der Waals surface area contributed by atoms with Gasteiger partial charge in [0.25, 0.3) is 0 Å². The number of nitrogen functional groups attached to an aromatic ring is 1. The van der Waals surface area contributed by atoms with E-state index in [0.717, 1.165) is 48.4 Å². The van der Waals surface area contributed by atoms with E-state index in [9.17, 15) is 29.5 Å². The highest BCUT2D eigenvalue weighted by Gasteiger charge is 2.54. The van der Waals surface area contributed by atoms with Crippen molar-refractivity contribution >= 4 is 30.4 Å². The second kappa shape index (κ2) is 12.9. The lowest BCUT2D eigenvalue weighted by atomic mass is 9.96. The Kier molecular flexibility index (Phi) is 10.6. The highest BCUT2D eigenvalue weighted by molar-refractivity contribution is 8.13. The maximum Gasteiger partial charge on any atom is 0.405 e. The van der Waals surface area contributed by atoms with Crippen molar-refractivity contribution in [1.82, 2.24) is 14.6 Å². The summed E-state index contributed by atoms with van der Waals surface area (Å²) in [4.78, 5) is 28.2. The van der Waals surface area contributed by atoms with Crippen molar-refractivity contribution in [3.05, 3.63) is 22.7 Å². The average Bonchev–Trinajstić information content (AvgIpc) is 3.09. The number of nitrogens with zero attached hydrogens (tertiary/aromatic N) is 2. The van der Waals surface area contributed by atoms with Crippen molar-refractivity contribution in [2.24, 2.45) is 5.41 Å². The number of hydrogen-bond acceptors (Lipinski definition) is 12. The zero-order chi connectivity index (χ0) is 28.1. The Morgan fingerprint density at radius 3 is 2.68 bits per heavy atom. The van der Waals surface area contributed by atoms with Crippen molar-refractivity contribution in [1.29, 1.82) is 0 Å². The van der Waals surface area contributed by atoms with E-state index in [1.807, 2.05) is 0 Å². The van der Waals surface area contributed by atoms with Crippen LogP contribution in [0, 0.1) is 5.41 Å². The first kappa shape index (κ1) is 31.2. The summed E-state index contributed by atoms with van der Waals surface area (Å²) >= 11 is 0.965. The van der Waals surface area contributed by atoms with Crippen LogP contribution in [-0.4, -0.2) is 79.4 Å². The number of thioether (sulfide) groups is 1. The minimum atomic E-state index is -3.92. The van der Waals surface area contributed by atoms with Crippen LogP contribution < -0.4 is 16.5 Å². The van der Waals surface area contributed by atoms with Crippen molar-refractivity contribution in [3.63, 3.8) is 0 Å². The van der Waals surface area contributed by atoms with E-state index in [-0.39, 0.29) is 35.9 Å². The van der Waals surface area contributed by atoms with Gasteiger partial charge in [-0.05, 0) is 39.7 Å². The predicted octanol–water partition coefficient (Wildman–Crippen LogP) is 1.18. The third-order valence-corrected chi connectivity index (χ3v) is 9.62. The number of anilines is 1. The monoisotopic (exact) mass is 578 g/mol. The molecule has 0 bridgehead atoms. The maximum absolute atomic E-state index is 13.7. The fraction of sp³-hybridized carbons (Fsp3) is 0.783. The molecule has 2 heterocycles. The van der Waals surface area contributed by atoms with E-state index < -0.39 is 49.5 Å². The molecule has 1 aliphatic carbocycles. The van der Waals surface area contributed by atoms with Gasteiger partial charge in [-0.25, -0.2) is 14.4 Å². The molecule has 0 radical (unpaired) electrons. The number of aliphatic hydroxyl groups excluding tert-OH is 2. The number of nitrogens with one attached hydrogen (secondary N) is 1. The molecule has 1 saturated heterocycles. The summed E-state index contributed by atoms with van der Waals surface area (Å²) in [6.45, 7) is 3.79. The molecule has 0 spiro atoms. The third kappa shape index (κ3) is 7.64. The van der Waals surface area contributed by atoms with Gasteiger partial charge in [-0.1, -0.05) is 31.0 Å². The Labute approximate surface area is 226 Å². The van der Waals surface area contributed by atoms with E-state index in [4.69, 9.17) is 19.5 Å². The van der Waals surface area contributed by atoms with Crippen LogP contribution in [0.15, 0.2) is 17.1 Å². The lowest BCUT2D eigenvalue weighted by Crippen LogP contribution is -2.46.